The molecular weight excluding hydrogens is 698 g/mol. The normalized spacial score (nSPS) is 19.4. The Bertz CT molecular complexity index is 1340. The lowest BCUT2D eigenvalue weighted by atomic mass is 9.83. The maximum Gasteiger partial charge on any atom is 0.226 e. The van der Waals surface area contributed by atoms with E-state index < -0.39 is 42.3 Å². The first kappa shape index (κ1) is 48.4. The summed E-state index contributed by atoms with van der Waals surface area (Å²) in [5.74, 6) is -2.14. The van der Waals surface area contributed by atoms with E-state index >= 15 is 0 Å². The first-order valence-electron chi connectivity index (χ1n) is 20.6. The predicted molar refractivity (Wildman–Crippen MR) is 217 cm³/mol. The fraction of sp³-hybridized carbons (Fsp3) is 0.773. The van der Waals surface area contributed by atoms with Crippen LogP contribution in [0.3, 0.4) is 0 Å². The number of rotatable bonds is 24. The van der Waals surface area contributed by atoms with Crippen LogP contribution in [0.1, 0.15) is 106 Å². The second-order valence-corrected chi connectivity index (χ2v) is 17.1. The number of ether oxygens (including phenoxy) is 2. The highest BCUT2D eigenvalue weighted by molar-refractivity contribution is 5.90. The van der Waals surface area contributed by atoms with E-state index in [0.717, 1.165) is 18.4 Å². The van der Waals surface area contributed by atoms with Crippen molar-refractivity contribution >= 4 is 23.4 Å². The molecule has 2 rings (SSSR count). The summed E-state index contributed by atoms with van der Waals surface area (Å²) < 4.78 is 12.0. The molecule has 11 heteroatoms. The average molecular weight is 774 g/mol. The predicted octanol–water partition coefficient (Wildman–Crippen LogP) is 5.63. The standard InChI is InChI=1S/C44H75N3O8/c1-14-30(8)41(46(11)43(51)34(27(2)3)25-37(49)40(28(4)5)45(10)29(6)7)38(54-12)26-39(50)47-22-18-21-35(47)42(55-13)31(9)36(48)24-33(44(52)53)23-32-19-16-15-17-20-32/h15-17,19-20,27-31,33-35,38,40-42,44,52-53H,14,18,21-26H2,1-13H3/t30-,31-,33+,34-,35-,38+,40-,41-,42+/m0/s1. The molecule has 1 aliphatic heterocycles. The molecule has 0 unspecified atom stereocenters. The minimum atomic E-state index is -1.66. The topological polar surface area (TPSA) is 137 Å². The lowest BCUT2D eigenvalue weighted by molar-refractivity contribution is -0.149. The Labute approximate surface area is 332 Å². The number of carbonyl (C=O) groups excluding carboxylic acids is 4. The summed E-state index contributed by atoms with van der Waals surface area (Å²) in [6.45, 7) is 18.6. The first-order chi connectivity index (χ1) is 25.8. The molecule has 1 heterocycles. The van der Waals surface area contributed by atoms with Crippen molar-refractivity contribution in [3.8, 4) is 0 Å². The summed E-state index contributed by atoms with van der Waals surface area (Å²) in [6.07, 6.45) is -0.203. The van der Waals surface area contributed by atoms with Gasteiger partial charge in [0, 0.05) is 64.4 Å². The highest BCUT2D eigenvalue weighted by Crippen LogP contribution is 2.32. The molecule has 1 aromatic carbocycles. The zero-order valence-electron chi connectivity index (χ0n) is 36.2. The maximum atomic E-state index is 14.4. The number of methoxy groups -OCH3 is 2. The molecule has 11 nitrogen and oxygen atoms in total. The van der Waals surface area contributed by atoms with Gasteiger partial charge in [0.05, 0.1) is 36.8 Å². The summed E-state index contributed by atoms with van der Waals surface area (Å²) in [6, 6.07) is 8.55. The van der Waals surface area contributed by atoms with Crippen LogP contribution in [0.15, 0.2) is 30.3 Å². The number of amides is 2. The third kappa shape index (κ3) is 13.2. The van der Waals surface area contributed by atoms with Gasteiger partial charge in [0.2, 0.25) is 11.8 Å². The van der Waals surface area contributed by atoms with Crippen molar-refractivity contribution in [2.45, 2.75) is 150 Å². The SMILES string of the molecule is CC[C@H](C)[C@@H]([C@@H](CC(=O)N1CCC[C@H]1[C@H](OC)[C@@H](C)C(=O)C[C@@H](Cc1ccccc1)C(O)O)OC)N(C)C(=O)[C@@H](CC(=O)[C@H](C(C)C)N(C)C(C)C)C(C)C. The largest absolute Gasteiger partial charge is 0.379 e. The number of Topliss-reactive ketones (excluding diaryl/α,β-unsaturated/α-hetero) is 2. The fourth-order valence-corrected chi connectivity index (χ4v) is 8.58. The van der Waals surface area contributed by atoms with Crippen LogP contribution in [0.4, 0.5) is 0 Å². The zero-order valence-corrected chi connectivity index (χ0v) is 36.2. The van der Waals surface area contributed by atoms with Crippen LogP contribution in [0, 0.1) is 35.5 Å². The Morgan fingerprint density at radius 1 is 0.855 bits per heavy atom. The van der Waals surface area contributed by atoms with Gasteiger partial charge in [0.15, 0.2) is 12.1 Å². The van der Waals surface area contributed by atoms with Crippen molar-refractivity contribution in [3.05, 3.63) is 35.9 Å². The fourth-order valence-electron chi connectivity index (χ4n) is 8.58. The molecular formula is C44H75N3O8. The number of ketones is 2. The monoisotopic (exact) mass is 774 g/mol. The van der Waals surface area contributed by atoms with Crippen LogP contribution in [-0.4, -0.2) is 126 Å². The molecule has 1 saturated heterocycles. The second kappa shape index (κ2) is 22.9. The van der Waals surface area contributed by atoms with Crippen molar-refractivity contribution in [2.75, 3.05) is 34.9 Å². The van der Waals surface area contributed by atoms with Gasteiger partial charge in [-0.25, -0.2) is 0 Å². The number of carbonyl (C=O) groups is 4. The van der Waals surface area contributed by atoms with Crippen LogP contribution in [-0.2, 0) is 35.1 Å². The van der Waals surface area contributed by atoms with Gasteiger partial charge in [-0.15, -0.1) is 0 Å². The molecule has 1 fully saturated rings. The highest BCUT2D eigenvalue weighted by atomic mass is 16.5. The summed E-state index contributed by atoms with van der Waals surface area (Å²) in [5.41, 5.74) is 0.912. The van der Waals surface area contributed by atoms with E-state index in [0.29, 0.717) is 19.4 Å². The summed E-state index contributed by atoms with van der Waals surface area (Å²) in [5, 5.41) is 20.3. The van der Waals surface area contributed by atoms with E-state index in [1.54, 1.807) is 38.0 Å². The molecule has 1 aromatic rings. The first-order valence-corrected chi connectivity index (χ1v) is 20.6. The molecule has 0 aliphatic carbocycles. The highest BCUT2D eigenvalue weighted by Gasteiger charge is 2.43. The molecule has 9 atom stereocenters. The van der Waals surface area contributed by atoms with E-state index in [4.69, 9.17) is 9.47 Å². The van der Waals surface area contributed by atoms with E-state index in [9.17, 15) is 29.4 Å². The summed E-state index contributed by atoms with van der Waals surface area (Å²) in [4.78, 5) is 61.8. The molecule has 0 bridgehead atoms. The molecule has 0 saturated carbocycles. The van der Waals surface area contributed by atoms with Gasteiger partial charge in [-0.05, 0) is 63.5 Å². The minimum absolute atomic E-state index is 0.00449. The van der Waals surface area contributed by atoms with Crippen LogP contribution in [0.2, 0.25) is 0 Å². The maximum absolute atomic E-state index is 14.4. The van der Waals surface area contributed by atoms with Crippen LogP contribution in [0.5, 0.6) is 0 Å². The lowest BCUT2D eigenvalue weighted by Gasteiger charge is -2.41. The van der Waals surface area contributed by atoms with Crippen molar-refractivity contribution in [1.29, 1.82) is 0 Å². The number of nitrogens with zero attached hydrogens (tertiary/aromatic N) is 3. The van der Waals surface area contributed by atoms with Gasteiger partial charge in [-0.2, -0.15) is 0 Å². The number of hydrogen-bond acceptors (Lipinski definition) is 9. The number of likely N-dealkylation sites (tertiary alicyclic amines) is 1. The van der Waals surface area contributed by atoms with Gasteiger partial charge in [-0.3, -0.25) is 24.1 Å². The molecule has 55 heavy (non-hydrogen) atoms. The molecule has 0 radical (unpaired) electrons. The summed E-state index contributed by atoms with van der Waals surface area (Å²) in [7, 11) is 6.87. The number of aliphatic hydroxyl groups excluding tert-OH is 1. The molecule has 1 aliphatic rings. The average Bonchev–Trinajstić information content (AvgIpc) is 3.62. The molecule has 314 valence electrons. The number of hydrogen-bond donors (Lipinski definition) is 2. The smallest absolute Gasteiger partial charge is 0.226 e. The van der Waals surface area contributed by atoms with Gasteiger partial charge in [0.25, 0.3) is 0 Å². The minimum Gasteiger partial charge on any atom is -0.379 e. The Morgan fingerprint density at radius 2 is 1.47 bits per heavy atom. The quantitative estimate of drug-likeness (QED) is 0.128. The Balaban J connectivity index is 2.28. The van der Waals surface area contributed by atoms with E-state index in [-0.39, 0.29) is 78.5 Å². The van der Waals surface area contributed by atoms with E-state index in [1.165, 1.54) is 0 Å². The third-order valence-electron chi connectivity index (χ3n) is 12.3. The van der Waals surface area contributed by atoms with Gasteiger partial charge in [-0.1, -0.05) is 85.2 Å². The van der Waals surface area contributed by atoms with Crippen LogP contribution >= 0.6 is 0 Å². The lowest BCUT2D eigenvalue weighted by Crippen LogP contribution is -2.54. The van der Waals surface area contributed by atoms with Crippen molar-refractivity contribution < 1.29 is 38.9 Å². The van der Waals surface area contributed by atoms with Gasteiger partial charge < -0.3 is 29.5 Å². The second-order valence-electron chi connectivity index (χ2n) is 17.1. The number of likely N-dealkylation sites (N-methyl/N-ethyl adjacent to an activating group) is 2. The van der Waals surface area contributed by atoms with Gasteiger partial charge >= 0.3 is 0 Å². The van der Waals surface area contributed by atoms with Crippen LogP contribution < -0.4 is 0 Å². The molecule has 2 amide bonds. The van der Waals surface area contributed by atoms with Crippen molar-refractivity contribution in [3.63, 3.8) is 0 Å². The Hall–Kier alpha value is -2.70. The Morgan fingerprint density at radius 3 is 1.96 bits per heavy atom. The van der Waals surface area contributed by atoms with Crippen LogP contribution in [0.25, 0.3) is 0 Å². The van der Waals surface area contributed by atoms with E-state index in [1.807, 2.05) is 65.1 Å². The third-order valence-corrected chi connectivity index (χ3v) is 12.3. The Kier molecular flexibility index (Phi) is 20.2. The van der Waals surface area contributed by atoms with Crippen molar-refractivity contribution in [2.24, 2.45) is 35.5 Å². The molecule has 0 spiro atoms. The van der Waals surface area contributed by atoms with E-state index in [2.05, 4.69) is 32.6 Å². The van der Waals surface area contributed by atoms with Crippen molar-refractivity contribution in [1.82, 2.24) is 14.7 Å². The van der Waals surface area contributed by atoms with Gasteiger partial charge in [0.1, 0.15) is 5.78 Å². The summed E-state index contributed by atoms with van der Waals surface area (Å²) >= 11 is 0. The number of benzene rings is 1. The zero-order chi connectivity index (χ0) is 41.7. The molecule has 0 aromatic heterocycles. The molecule has 2 N–H and O–H groups in total. The number of aliphatic hydroxyl groups is 2.